The molecule has 4 N–H and O–H groups in total. The summed E-state index contributed by atoms with van der Waals surface area (Å²) in [5.74, 6) is 6.03. The highest BCUT2D eigenvalue weighted by atomic mass is 15.3. The Labute approximate surface area is 96.9 Å². The second-order valence-corrected chi connectivity index (χ2v) is 3.48. The van der Waals surface area contributed by atoms with Crippen LogP contribution >= 0.6 is 0 Å². The number of nitrogens with zero attached hydrogens (tertiary/aromatic N) is 1. The molecule has 88 valence electrons. The van der Waals surface area contributed by atoms with Crippen LogP contribution in [-0.4, -0.2) is 12.5 Å². The third-order valence-electron chi connectivity index (χ3n) is 2.37. The summed E-state index contributed by atoms with van der Waals surface area (Å²) < 4.78 is 0. The van der Waals surface area contributed by atoms with Gasteiger partial charge in [-0.05, 0) is 18.9 Å². The molecule has 0 amide bonds. The molecule has 0 aliphatic carbocycles. The summed E-state index contributed by atoms with van der Waals surface area (Å²) in [6.45, 7) is 4.81. The predicted molar refractivity (Wildman–Crippen MR) is 67.9 cm³/mol. The van der Waals surface area contributed by atoms with Crippen molar-refractivity contribution in [3.63, 3.8) is 0 Å². The first-order chi connectivity index (χ1) is 7.81. The summed E-state index contributed by atoms with van der Waals surface area (Å²) in [5, 5.41) is 3.28. The molecule has 1 rings (SSSR count). The summed E-state index contributed by atoms with van der Waals surface area (Å²) in [5.41, 5.74) is 3.82. The van der Waals surface area contributed by atoms with E-state index >= 15 is 0 Å². The van der Waals surface area contributed by atoms with Gasteiger partial charge in [-0.3, -0.25) is 10.4 Å². The summed E-state index contributed by atoms with van der Waals surface area (Å²) in [6.07, 6.45) is 0.981. The van der Waals surface area contributed by atoms with Crippen LogP contribution in [0.4, 0.5) is 0 Å². The molecule has 16 heavy (non-hydrogen) atoms. The minimum absolute atomic E-state index is 0.238. The van der Waals surface area contributed by atoms with Gasteiger partial charge in [-0.1, -0.05) is 37.3 Å². The average Bonchev–Trinajstić information content (AvgIpc) is 2.35. The van der Waals surface area contributed by atoms with E-state index in [-0.39, 0.29) is 6.04 Å². The van der Waals surface area contributed by atoms with E-state index in [1.54, 1.807) is 0 Å². The fourth-order valence-corrected chi connectivity index (χ4v) is 1.56. The molecule has 0 bridgehead atoms. The number of nitrogens with one attached hydrogen (secondary N) is 2. The van der Waals surface area contributed by atoms with Gasteiger partial charge in [0.15, 0.2) is 0 Å². The van der Waals surface area contributed by atoms with Gasteiger partial charge in [0.05, 0.1) is 6.04 Å². The molecule has 0 spiro atoms. The Hall–Kier alpha value is -1.55. The summed E-state index contributed by atoms with van der Waals surface area (Å²) in [4.78, 5) is 4.23. The largest absolute Gasteiger partial charge is 0.349 e. The zero-order chi connectivity index (χ0) is 11.8. The zero-order valence-electron chi connectivity index (χ0n) is 9.90. The molecule has 0 saturated heterocycles. The Balaban J connectivity index is 2.72. The van der Waals surface area contributed by atoms with E-state index in [9.17, 15) is 0 Å². The Morgan fingerprint density at radius 1 is 1.31 bits per heavy atom. The van der Waals surface area contributed by atoms with Crippen molar-refractivity contribution in [1.82, 2.24) is 10.7 Å². The van der Waals surface area contributed by atoms with Crippen LogP contribution in [0.5, 0.6) is 0 Å². The van der Waals surface area contributed by atoms with Crippen molar-refractivity contribution in [2.45, 2.75) is 26.3 Å². The first-order valence-corrected chi connectivity index (χ1v) is 5.64. The Bertz CT molecular complexity index is 321. The molecule has 1 atom stereocenters. The second kappa shape index (κ2) is 6.85. The van der Waals surface area contributed by atoms with E-state index in [4.69, 9.17) is 5.84 Å². The third kappa shape index (κ3) is 3.55. The van der Waals surface area contributed by atoms with Gasteiger partial charge in [-0.25, -0.2) is 5.84 Å². The Morgan fingerprint density at radius 3 is 2.50 bits per heavy atom. The average molecular weight is 220 g/mol. The molecular formula is C12H20N4. The van der Waals surface area contributed by atoms with Crippen molar-refractivity contribution in [2.75, 3.05) is 6.54 Å². The molecule has 0 aromatic heterocycles. The highest BCUT2D eigenvalue weighted by Crippen LogP contribution is 2.15. The number of benzene rings is 1. The summed E-state index contributed by atoms with van der Waals surface area (Å²) in [6, 6.07) is 10.5. The van der Waals surface area contributed by atoms with E-state index in [0.29, 0.717) is 12.5 Å². The maximum atomic E-state index is 5.40. The first-order valence-electron chi connectivity index (χ1n) is 5.64. The van der Waals surface area contributed by atoms with Gasteiger partial charge in [0.25, 0.3) is 0 Å². The quantitative estimate of drug-likeness (QED) is 0.312. The van der Waals surface area contributed by atoms with Gasteiger partial charge in [0.1, 0.15) is 0 Å². The minimum Gasteiger partial charge on any atom is -0.349 e. The van der Waals surface area contributed by atoms with Gasteiger partial charge in [-0.2, -0.15) is 0 Å². The molecule has 1 unspecified atom stereocenters. The van der Waals surface area contributed by atoms with Crippen LogP contribution in [0.25, 0.3) is 0 Å². The van der Waals surface area contributed by atoms with Crippen LogP contribution in [0, 0.1) is 0 Å². The number of rotatable bonds is 4. The number of aliphatic imine (C=N–C) groups is 1. The van der Waals surface area contributed by atoms with Gasteiger partial charge < -0.3 is 5.32 Å². The van der Waals surface area contributed by atoms with E-state index in [0.717, 1.165) is 6.42 Å². The second-order valence-electron chi connectivity index (χ2n) is 3.48. The molecule has 1 aromatic carbocycles. The number of hydrogen-bond donors (Lipinski definition) is 3. The zero-order valence-corrected chi connectivity index (χ0v) is 9.90. The van der Waals surface area contributed by atoms with Gasteiger partial charge in [0, 0.05) is 6.54 Å². The first kappa shape index (κ1) is 12.5. The summed E-state index contributed by atoms with van der Waals surface area (Å²) in [7, 11) is 0. The lowest BCUT2D eigenvalue weighted by Gasteiger charge is -2.19. The molecule has 0 aliphatic heterocycles. The maximum Gasteiger partial charge on any atom is 0.206 e. The fourth-order valence-electron chi connectivity index (χ4n) is 1.56. The Kier molecular flexibility index (Phi) is 5.36. The van der Waals surface area contributed by atoms with Crippen LogP contribution in [0.3, 0.4) is 0 Å². The minimum atomic E-state index is 0.238. The normalized spacial score (nSPS) is 13.3. The Morgan fingerprint density at radius 2 is 2.00 bits per heavy atom. The van der Waals surface area contributed by atoms with Crippen LogP contribution in [-0.2, 0) is 0 Å². The third-order valence-corrected chi connectivity index (χ3v) is 2.37. The smallest absolute Gasteiger partial charge is 0.206 e. The van der Waals surface area contributed by atoms with Crippen molar-refractivity contribution < 1.29 is 0 Å². The van der Waals surface area contributed by atoms with E-state index in [1.165, 1.54) is 5.56 Å². The molecule has 0 radical (unpaired) electrons. The molecular weight excluding hydrogens is 200 g/mol. The van der Waals surface area contributed by atoms with E-state index in [1.807, 2.05) is 25.1 Å². The van der Waals surface area contributed by atoms with Crippen molar-refractivity contribution in [2.24, 2.45) is 10.8 Å². The maximum absolute atomic E-state index is 5.40. The van der Waals surface area contributed by atoms with Crippen molar-refractivity contribution in [3.8, 4) is 0 Å². The predicted octanol–water partition coefficient (Wildman–Crippen LogP) is 1.57. The highest BCUT2D eigenvalue weighted by Gasteiger charge is 2.09. The van der Waals surface area contributed by atoms with Crippen LogP contribution in [0.2, 0.25) is 0 Å². The molecule has 4 nitrogen and oxygen atoms in total. The molecule has 0 fully saturated rings. The molecule has 4 heteroatoms. The SMILES string of the molecule is CCN=C(NN)NC(CC)c1ccccc1. The fraction of sp³-hybridized carbons (Fsp3) is 0.417. The van der Waals surface area contributed by atoms with E-state index in [2.05, 4.69) is 34.8 Å². The van der Waals surface area contributed by atoms with Crippen molar-refractivity contribution in [3.05, 3.63) is 35.9 Å². The lowest BCUT2D eigenvalue weighted by molar-refractivity contribution is 0.610. The van der Waals surface area contributed by atoms with Crippen LogP contribution < -0.4 is 16.6 Å². The highest BCUT2D eigenvalue weighted by molar-refractivity contribution is 5.79. The lowest BCUT2D eigenvalue weighted by atomic mass is 10.1. The number of guanidine groups is 1. The topological polar surface area (TPSA) is 62.4 Å². The monoisotopic (exact) mass is 220 g/mol. The van der Waals surface area contributed by atoms with Crippen molar-refractivity contribution >= 4 is 5.96 Å². The molecule has 1 aromatic rings. The van der Waals surface area contributed by atoms with Crippen molar-refractivity contribution in [1.29, 1.82) is 0 Å². The number of hydrazine groups is 1. The van der Waals surface area contributed by atoms with E-state index < -0.39 is 0 Å². The van der Waals surface area contributed by atoms with Crippen LogP contribution in [0.15, 0.2) is 35.3 Å². The standard InChI is InChI=1S/C12H20N4/c1-3-11(10-8-6-5-7-9-10)15-12(16-13)14-4-2/h5-9,11H,3-4,13H2,1-2H3,(H2,14,15,16). The number of hydrogen-bond acceptors (Lipinski definition) is 2. The molecule has 0 heterocycles. The lowest BCUT2D eigenvalue weighted by Crippen LogP contribution is -2.43. The summed E-state index contributed by atoms with van der Waals surface area (Å²) >= 11 is 0. The van der Waals surface area contributed by atoms with Gasteiger partial charge in [-0.15, -0.1) is 0 Å². The van der Waals surface area contributed by atoms with Gasteiger partial charge in [0.2, 0.25) is 5.96 Å². The molecule has 0 saturated carbocycles. The van der Waals surface area contributed by atoms with Crippen LogP contribution in [0.1, 0.15) is 31.9 Å². The van der Waals surface area contributed by atoms with Gasteiger partial charge >= 0.3 is 0 Å². The molecule has 0 aliphatic rings. The number of nitrogens with two attached hydrogens (primary N) is 1.